The molecule has 0 aliphatic carbocycles. The van der Waals surface area contributed by atoms with Crippen molar-refractivity contribution in [3.05, 3.63) is 55.9 Å². The average Bonchev–Trinajstić information content (AvgIpc) is 2.42. The van der Waals surface area contributed by atoms with E-state index in [4.69, 9.17) is 23.2 Å². The van der Waals surface area contributed by atoms with Crippen LogP contribution in [0.5, 0.6) is 0 Å². The molecule has 2 aromatic rings. The number of H-pyrrole nitrogens is 1. The zero-order valence-corrected chi connectivity index (χ0v) is 12.9. The van der Waals surface area contributed by atoms with Crippen molar-refractivity contribution in [3.8, 4) is 0 Å². The van der Waals surface area contributed by atoms with Gasteiger partial charge in [-0.1, -0.05) is 42.6 Å². The highest BCUT2D eigenvalue weighted by Crippen LogP contribution is 2.21. The highest BCUT2D eigenvalue weighted by Gasteiger charge is 2.00. The second-order valence-corrected chi connectivity index (χ2v) is 5.19. The Labute approximate surface area is 132 Å². The van der Waals surface area contributed by atoms with Crippen molar-refractivity contribution < 1.29 is 0 Å². The summed E-state index contributed by atoms with van der Waals surface area (Å²) in [6.07, 6.45) is 3.23. The van der Waals surface area contributed by atoms with Crippen molar-refractivity contribution in [2.24, 2.45) is 5.10 Å². The molecular formula is C14H14Cl2N4O. The van der Waals surface area contributed by atoms with Gasteiger partial charge in [-0.25, -0.2) is 10.4 Å². The van der Waals surface area contributed by atoms with Gasteiger partial charge in [-0.2, -0.15) is 5.10 Å². The first-order chi connectivity index (χ1) is 10.1. The molecule has 0 amide bonds. The molecule has 1 aromatic carbocycles. The SMILES string of the molecule is CCCc1cc(=O)[nH]c(N/N=C/c2ccc(Cl)c(Cl)c2)n1. The maximum Gasteiger partial charge on any atom is 0.252 e. The lowest BCUT2D eigenvalue weighted by Crippen LogP contribution is -2.11. The topological polar surface area (TPSA) is 70.1 Å². The summed E-state index contributed by atoms with van der Waals surface area (Å²) < 4.78 is 0. The zero-order chi connectivity index (χ0) is 15.2. The van der Waals surface area contributed by atoms with Crippen LogP contribution in [-0.2, 0) is 6.42 Å². The van der Waals surface area contributed by atoms with Crippen LogP contribution in [-0.4, -0.2) is 16.2 Å². The summed E-state index contributed by atoms with van der Waals surface area (Å²) in [7, 11) is 0. The number of aryl methyl sites for hydroxylation is 1. The van der Waals surface area contributed by atoms with E-state index in [1.807, 2.05) is 6.92 Å². The number of aromatic amines is 1. The molecule has 0 aliphatic rings. The van der Waals surface area contributed by atoms with Crippen molar-refractivity contribution in [2.75, 3.05) is 5.43 Å². The normalized spacial score (nSPS) is 11.0. The number of hydrazone groups is 1. The van der Waals surface area contributed by atoms with Crippen molar-refractivity contribution in [1.29, 1.82) is 0 Å². The van der Waals surface area contributed by atoms with Crippen LogP contribution in [0.4, 0.5) is 5.95 Å². The molecule has 0 radical (unpaired) electrons. The summed E-state index contributed by atoms with van der Waals surface area (Å²) in [5.41, 5.74) is 4.00. The highest BCUT2D eigenvalue weighted by molar-refractivity contribution is 6.42. The van der Waals surface area contributed by atoms with Gasteiger partial charge in [0, 0.05) is 11.8 Å². The van der Waals surface area contributed by atoms with Crippen LogP contribution in [0, 0.1) is 0 Å². The standard InChI is InChI=1S/C14H14Cl2N4O/c1-2-3-10-7-13(21)19-14(18-10)20-17-8-9-4-5-11(15)12(16)6-9/h4-8H,2-3H2,1H3,(H2,18,19,20,21)/b17-8+. The van der Waals surface area contributed by atoms with Gasteiger partial charge in [-0.3, -0.25) is 9.78 Å². The predicted molar refractivity (Wildman–Crippen MR) is 86.5 cm³/mol. The molecule has 0 saturated carbocycles. The average molecular weight is 325 g/mol. The predicted octanol–water partition coefficient (Wildman–Crippen LogP) is 3.48. The molecule has 5 nitrogen and oxygen atoms in total. The minimum absolute atomic E-state index is 0.208. The summed E-state index contributed by atoms with van der Waals surface area (Å²) in [6.45, 7) is 2.03. The number of anilines is 1. The van der Waals surface area contributed by atoms with Crippen LogP contribution in [0.3, 0.4) is 0 Å². The summed E-state index contributed by atoms with van der Waals surface area (Å²) in [4.78, 5) is 18.3. The fourth-order valence-corrected chi connectivity index (χ4v) is 2.01. The van der Waals surface area contributed by atoms with Crippen LogP contribution < -0.4 is 11.0 Å². The third-order valence-corrected chi connectivity index (χ3v) is 3.37. The Morgan fingerprint density at radius 3 is 2.86 bits per heavy atom. The number of hydrogen-bond donors (Lipinski definition) is 2. The first kappa shape index (κ1) is 15.5. The summed E-state index contributed by atoms with van der Waals surface area (Å²) in [5, 5.41) is 4.96. The van der Waals surface area contributed by atoms with E-state index in [1.54, 1.807) is 24.4 Å². The Morgan fingerprint density at radius 1 is 1.33 bits per heavy atom. The fourth-order valence-electron chi connectivity index (χ4n) is 1.71. The van der Waals surface area contributed by atoms with E-state index in [0.717, 1.165) is 24.1 Å². The highest BCUT2D eigenvalue weighted by atomic mass is 35.5. The molecule has 21 heavy (non-hydrogen) atoms. The van der Waals surface area contributed by atoms with Crippen molar-refractivity contribution >= 4 is 35.4 Å². The molecule has 0 aliphatic heterocycles. The molecule has 0 bridgehead atoms. The lowest BCUT2D eigenvalue weighted by atomic mass is 10.2. The summed E-state index contributed by atoms with van der Waals surface area (Å²) in [6, 6.07) is 6.65. The molecule has 1 heterocycles. The summed E-state index contributed by atoms with van der Waals surface area (Å²) >= 11 is 11.7. The number of benzene rings is 1. The fraction of sp³-hybridized carbons (Fsp3) is 0.214. The van der Waals surface area contributed by atoms with Gasteiger partial charge in [0.25, 0.3) is 5.56 Å². The third-order valence-electron chi connectivity index (χ3n) is 2.63. The van der Waals surface area contributed by atoms with E-state index in [0.29, 0.717) is 16.0 Å². The molecule has 0 unspecified atom stereocenters. The molecule has 2 rings (SSSR count). The van der Waals surface area contributed by atoms with E-state index >= 15 is 0 Å². The van der Waals surface area contributed by atoms with Gasteiger partial charge in [-0.15, -0.1) is 0 Å². The first-order valence-electron chi connectivity index (χ1n) is 6.43. The van der Waals surface area contributed by atoms with Crippen molar-refractivity contribution in [2.45, 2.75) is 19.8 Å². The zero-order valence-electron chi connectivity index (χ0n) is 11.4. The van der Waals surface area contributed by atoms with E-state index in [-0.39, 0.29) is 5.56 Å². The van der Waals surface area contributed by atoms with Gasteiger partial charge < -0.3 is 0 Å². The van der Waals surface area contributed by atoms with E-state index in [2.05, 4.69) is 20.5 Å². The third kappa shape index (κ3) is 4.58. The van der Waals surface area contributed by atoms with Crippen molar-refractivity contribution in [3.63, 3.8) is 0 Å². The molecule has 2 N–H and O–H groups in total. The van der Waals surface area contributed by atoms with Gasteiger partial charge in [0.1, 0.15) is 0 Å². The minimum Gasteiger partial charge on any atom is -0.291 e. The van der Waals surface area contributed by atoms with E-state index in [1.165, 1.54) is 6.07 Å². The van der Waals surface area contributed by atoms with Crippen LogP contribution >= 0.6 is 23.2 Å². The molecule has 1 aromatic heterocycles. The second kappa shape index (κ2) is 7.24. The van der Waals surface area contributed by atoms with Crippen LogP contribution in [0.2, 0.25) is 10.0 Å². The molecule has 0 saturated heterocycles. The maximum absolute atomic E-state index is 11.5. The number of halogens is 2. The molecule has 0 fully saturated rings. The molecule has 110 valence electrons. The Bertz CT molecular complexity index is 712. The number of aromatic nitrogens is 2. The summed E-state index contributed by atoms with van der Waals surface area (Å²) in [5.74, 6) is 0.308. The number of nitrogens with zero attached hydrogens (tertiary/aromatic N) is 2. The quantitative estimate of drug-likeness (QED) is 0.653. The lowest BCUT2D eigenvalue weighted by Gasteiger charge is -2.02. The van der Waals surface area contributed by atoms with Gasteiger partial charge in [0.05, 0.1) is 16.3 Å². The van der Waals surface area contributed by atoms with Gasteiger partial charge >= 0.3 is 0 Å². The molecular weight excluding hydrogens is 311 g/mol. The Morgan fingerprint density at radius 2 is 2.14 bits per heavy atom. The second-order valence-electron chi connectivity index (χ2n) is 4.38. The molecule has 0 atom stereocenters. The van der Waals surface area contributed by atoms with Crippen LogP contribution in [0.25, 0.3) is 0 Å². The largest absolute Gasteiger partial charge is 0.291 e. The van der Waals surface area contributed by atoms with Gasteiger partial charge in [0.2, 0.25) is 5.95 Å². The molecule has 0 spiro atoms. The Balaban J connectivity index is 2.10. The molecule has 7 heteroatoms. The number of nitrogens with one attached hydrogen (secondary N) is 2. The monoisotopic (exact) mass is 324 g/mol. The maximum atomic E-state index is 11.5. The first-order valence-corrected chi connectivity index (χ1v) is 7.18. The van der Waals surface area contributed by atoms with Crippen LogP contribution in [0.1, 0.15) is 24.6 Å². The van der Waals surface area contributed by atoms with E-state index < -0.39 is 0 Å². The number of rotatable bonds is 5. The Kier molecular flexibility index (Phi) is 5.36. The van der Waals surface area contributed by atoms with Gasteiger partial charge in [-0.05, 0) is 24.1 Å². The Hall–Kier alpha value is -1.85. The smallest absolute Gasteiger partial charge is 0.252 e. The lowest BCUT2D eigenvalue weighted by molar-refractivity contribution is 0.867. The van der Waals surface area contributed by atoms with Crippen LogP contribution in [0.15, 0.2) is 34.2 Å². The van der Waals surface area contributed by atoms with Crippen molar-refractivity contribution in [1.82, 2.24) is 9.97 Å². The van der Waals surface area contributed by atoms with Gasteiger partial charge in [0.15, 0.2) is 0 Å². The number of hydrogen-bond acceptors (Lipinski definition) is 4. The van der Waals surface area contributed by atoms with E-state index in [9.17, 15) is 4.79 Å². The minimum atomic E-state index is -0.208.